The van der Waals surface area contributed by atoms with Crippen LogP contribution in [-0.2, 0) is 7.05 Å². The largest absolute Gasteiger partial charge is 0.492 e. The summed E-state index contributed by atoms with van der Waals surface area (Å²) in [7, 11) is 1.77. The smallest absolute Gasteiger partial charge is 0.237 e. The first-order chi connectivity index (χ1) is 10.6. The number of nitrogens with zero attached hydrogens (tertiary/aromatic N) is 5. The maximum atomic E-state index is 10.2. The summed E-state index contributed by atoms with van der Waals surface area (Å²) in [4.78, 5) is 3.77. The summed E-state index contributed by atoms with van der Waals surface area (Å²) in [6.07, 6.45) is 4.38. The van der Waals surface area contributed by atoms with Crippen LogP contribution in [0.25, 0.3) is 5.52 Å². The second-order valence-electron chi connectivity index (χ2n) is 4.72. The highest BCUT2D eigenvalue weighted by molar-refractivity contribution is 9.10. The first kappa shape index (κ1) is 14.8. The van der Waals surface area contributed by atoms with Crippen molar-refractivity contribution in [1.29, 1.82) is 0 Å². The second kappa shape index (κ2) is 5.93. The number of ether oxygens (including phenoxy) is 1. The first-order valence-corrected chi connectivity index (χ1v) is 7.37. The van der Waals surface area contributed by atoms with Crippen molar-refractivity contribution in [2.75, 3.05) is 6.61 Å². The lowest BCUT2D eigenvalue weighted by molar-refractivity contribution is 0.131. The van der Waals surface area contributed by atoms with Crippen molar-refractivity contribution in [2.45, 2.75) is 12.5 Å². The summed E-state index contributed by atoms with van der Waals surface area (Å²) in [5.74, 6) is 0.253. The Balaban J connectivity index is 1.64. The molecule has 8 nitrogen and oxygen atoms in total. The quantitative estimate of drug-likeness (QED) is 0.707. The molecular weight excluding hydrogens is 354 g/mol. The van der Waals surface area contributed by atoms with Gasteiger partial charge < -0.3 is 14.9 Å². The second-order valence-corrected chi connectivity index (χ2v) is 5.57. The van der Waals surface area contributed by atoms with Gasteiger partial charge in [0.25, 0.3) is 0 Å². The van der Waals surface area contributed by atoms with Gasteiger partial charge in [-0.15, -0.1) is 5.10 Å². The number of aromatic nitrogens is 5. The highest BCUT2D eigenvalue weighted by atomic mass is 79.9. The average Bonchev–Trinajstić information content (AvgIpc) is 3.03. The first-order valence-electron chi connectivity index (χ1n) is 6.58. The molecule has 0 spiro atoms. The minimum atomic E-state index is -0.700. The minimum absolute atomic E-state index is 0.108. The lowest BCUT2D eigenvalue weighted by Gasteiger charge is -2.11. The monoisotopic (exact) mass is 367 g/mol. The van der Waals surface area contributed by atoms with Crippen LogP contribution >= 0.6 is 15.9 Å². The number of fused-ring (bicyclic) bond motifs is 1. The van der Waals surface area contributed by atoms with Crippen LogP contribution < -0.4 is 4.74 Å². The van der Waals surface area contributed by atoms with Gasteiger partial charge >= 0.3 is 0 Å². The van der Waals surface area contributed by atoms with Gasteiger partial charge in [-0.2, -0.15) is 5.10 Å². The maximum Gasteiger partial charge on any atom is 0.237 e. The maximum absolute atomic E-state index is 10.2. The fourth-order valence-corrected chi connectivity index (χ4v) is 2.78. The summed E-state index contributed by atoms with van der Waals surface area (Å²) >= 11 is 3.35. The van der Waals surface area contributed by atoms with E-state index in [1.807, 2.05) is 0 Å². The molecule has 116 valence electrons. The van der Waals surface area contributed by atoms with Gasteiger partial charge in [0.05, 0.1) is 29.1 Å². The number of halogens is 1. The molecule has 3 rings (SSSR count). The third-order valence-electron chi connectivity index (χ3n) is 3.24. The molecule has 2 N–H and O–H groups in total. The van der Waals surface area contributed by atoms with E-state index in [9.17, 15) is 10.2 Å². The van der Waals surface area contributed by atoms with Gasteiger partial charge in [-0.1, -0.05) is 0 Å². The lowest BCUT2D eigenvalue weighted by atomic mass is 10.2. The minimum Gasteiger partial charge on any atom is -0.492 e. The zero-order valence-corrected chi connectivity index (χ0v) is 13.3. The average molecular weight is 368 g/mol. The van der Waals surface area contributed by atoms with E-state index in [0.717, 1.165) is 4.47 Å². The van der Waals surface area contributed by atoms with Crippen LogP contribution in [0, 0.1) is 0 Å². The molecule has 0 saturated carbocycles. The van der Waals surface area contributed by atoms with E-state index in [0.29, 0.717) is 23.5 Å². The van der Waals surface area contributed by atoms with Gasteiger partial charge in [0.15, 0.2) is 0 Å². The molecule has 0 aliphatic carbocycles. The van der Waals surface area contributed by atoms with E-state index in [1.165, 1.54) is 10.7 Å². The topological polar surface area (TPSA) is 97.7 Å². The van der Waals surface area contributed by atoms with Crippen LogP contribution in [0.3, 0.4) is 0 Å². The molecule has 0 radical (unpaired) electrons. The van der Waals surface area contributed by atoms with E-state index in [-0.39, 0.29) is 12.5 Å². The van der Waals surface area contributed by atoms with Crippen LogP contribution in [0.15, 0.2) is 29.1 Å². The Morgan fingerprint density at radius 1 is 1.45 bits per heavy atom. The predicted octanol–water partition coefficient (Wildman–Crippen LogP) is 1.43. The standard InChI is InChI=1S/C13H14BrN5O3/c1-18-12(8(14)7-16-18)10(20)2-5-22-11-6-9-13(21)15-3-4-19(9)17-11/h3-4,6-7,10,20H,2,5H2,1H3,(H,15,21). The van der Waals surface area contributed by atoms with Crippen molar-refractivity contribution in [1.82, 2.24) is 24.4 Å². The molecule has 3 aromatic heterocycles. The normalized spacial score (nSPS) is 12.7. The molecule has 1 atom stereocenters. The van der Waals surface area contributed by atoms with Gasteiger partial charge in [-0.05, 0) is 15.9 Å². The Kier molecular flexibility index (Phi) is 3.99. The molecule has 0 amide bonds. The molecule has 9 heteroatoms. The molecule has 0 aliphatic heterocycles. The Bertz CT molecular complexity index is 781. The fraction of sp³-hybridized carbons (Fsp3) is 0.308. The van der Waals surface area contributed by atoms with E-state index in [2.05, 4.69) is 31.1 Å². The van der Waals surface area contributed by atoms with Crippen molar-refractivity contribution in [3.8, 4) is 11.8 Å². The number of aromatic hydroxyl groups is 1. The van der Waals surface area contributed by atoms with Gasteiger partial charge in [-0.3, -0.25) is 4.68 Å². The van der Waals surface area contributed by atoms with Gasteiger partial charge in [-0.25, -0.2) is 9.50 Å². The van der Waals surface area contributed by atoms with Crippen molar-refractivity contribution in [3.63, 3.8) is 0 Å². The number of aliphatic hydroxyl groups excluding tert-OH is 1. The van der Waals surface area contributed by atoms with Crippen LogP contribution in [0.4, 0.5) is 0 Å². The van der Waals surface area contributed by atoms with Crippen molar-refractivity contribution < 1.29 is 14.9 Å². The highest BCUT2D eigenvalue weighted by Gasteiger charge is 2.16. The van der Waals surface area contributed by atoms with E-state index >= 15 is 0 Å². The Hall–Kier alpha value is -2.13. The number of aryl methyl sites for hydroxylation is 1. The van der Waals surface area contributed by atoms with E-state index in [1.54, 1.807) is 30.2 Å². The van der Waals surface area contributed by atoms with Crippen LogP contribution in [0.1, 0.15) is 18.2 Å². The molecule has 0 bridgehead atoms. The molecule has 0 fully saturated rings. The van der Waals surface area contributed by atoms with Crippen molar-refractivity contribution in [2.24, 2.45) is 7.05 Å². The molecule has 1 unspecified atom stereocenters. The number of rotatable bonds is 5. The van der Waals surface area contributed by atoms with Crippen LogP contribution in [-0.4, -0.2) is 41.2 Å². The lowest BCUT2D eigenvalue weighted by Crippen LogP contribution is -2.10. The zero-order chi connectivity index (χ0) is 15.7. The van der Waals surface area contributed by atoms with Gasteiger partial charge in [0.1, 0.15) is 5.52 Å². The molecular formula is C13H14BrN5O3. The number of hydrogen-bond donors (Lipinski definition) is 2. The third-order valence-corrected chi connectivity index (χ3v) is 3.85. The Morgan fingerprint density at radius 3 is 2.95 bits per heavy atom. The molecule has 22 heavy (non-hydrogen) atoms. The summed E-state index contributed by atoms with van der Waals surface area (Å²) in [5, 5.41) is 28.0. The van der Waals surface area contributed by atoms with Crippen LogP contribution in [0.5, 0.6) is 11.8 Å². The highest BCUT2D eigenvalue weighted by Crippen LogP contribution is 2.25. The summed E-state index contributed by atoms with van der Waals surface area (Å²) in [6, 6.07) is 1.59. The SMILES string of the molecule is Cn1ncc(Br)c1C(O)CCOc1cc2c(O)nccn2n1. The van der Waals surface area contributed by atoms with E-state index in [4.69, 9.17) is 4.74 Å². The Labute approximate surface area is 134 Å². The Morgan fingerprint density at radius 2 is 2.27 bits per heavy atom. The number of hydrogen-bond acceptors (Lipinski definition) is 6. The summed E-state index contributed by atoms with van der Waals surface area (Å²) in [6.45, 7) is 0.275. The fourth-order valence-electron chi connectivity index (χ4n) is 2.16. The zero-order valence-electron chi connectivity index (χ0n) is 11.7. The summed E-state index contributed by atoms with van der Waals surface area (Å²) < 4.78 is 9.37. The molecule has 0 saturated heterocycles. The van der Waals surface area contributed by atoms with Gasteiger partial charge in [0.2, 0.25) is 11.8 Å². The molecule has 0 aliphatic rings. The predicted molar refractivity (Wildman–Crippen MR) is 80.6 cm³/mol. The summed E-state index contributed by atoms with van der Waals surface area (Å²) in [5.41, 5.74) is 1.16. The number of aliphatic hydroxyl groups is 1. The molecule has 0 aromatic carbocycles. The molecule has 3 heterocycles. The van der Waals surface area contributed by atoms with Crippen molar-refractivity contribution >= 4 is 21.4 Å². The van der Waals surface area contributed by atoms with E-state index < -0.39 is 6.10 Å². The molecule has 3 aromatic rings. The van der Waals surface area contributed by atoms with Crippen molar-refractivity contribution in [3.05, 3.63) is 34.8 Å². The third kappa shape index (κ3) is 2.77. The van der Waals surface area contributed by atoms with Crippen LogP contribution in [0.2, 0.25) is 0 Å². The van der Waals surface area contributed by atoms with Gasteiger partial charge in [0, 0.05) is 31.9 Å².